The molecule has 0 aliphatic carbocycles. The predicted molar refractivity (Wildman–Crippen MR) is 344 cm³/mol. The van der Waals surface area contributed by atoms with Gasteiger partial charge in [-0.25, -0.2) is 9.13 Å². The fourth-order valence-electron chi connectivity index (χ4n) is 9.89. The molecule has 17 nitrogen and oxygen atoms in total. The summed E-state index contributed by atoms with van der Waals surface area (Å²) in [6, 6.07) is 0. The number of aliphatic hydroxyl groups is 1. The van der Waals surface area contributed by atoms with Crippen LogP contribution < -0.4 is 0 Å². The van der Waals surface area contributed by atoms with Crippen LogP contribution in [0.2, 0.25) is 0 Å². The second kappa shape index (κ2) is 57.0. The van der Waals surface area contributed by atoms with Crippen molar-refractivity contribution in [2.75, 3.05) is 39.6 Å². The second-order valence-corrected chi connectivity index (χ2v) is 28.6. The first-order chi connectivity index (χ1) is 41.2. The Morgan fingerprint density at radius 3 is 0.826 bits per heavy atom. The smallest absolute Gasteiger partial charge is 0.462 e. The molecule has 7 atom stereocenters. The van der Waals surface area contributed by atoms with Crippen LogP contribution in [-0.4, -0.2) is 96.7 Å². The summed E-state index contributed by atoms with van der Waals surface area (Å²) in [5.74, 6) is 0.843. The number of hydrogen-bond acceptors (Lipinski definition) is 15. The third kappa shape index (κ3) is 58.4. The Labute approximate surface area is 524 Å². The first-order valence-corrected chi connectivity index (χ1v) is 37.8. The standard InChI is InChI=1S/C67H130O17P2/c1-9-59(7)45-37-29-21-16-18-24-34-42-50-67(72)84-63(54-78-65(70)48-40-32-26-25-30-38-46-60(8)10-2)56-82-86(75,76)80-52-61(68)51-79-85(73,74)81-55-62(53-77-64(69)47-39-31-22-17-15-20-28-36-44-58(5)6)83-66(71)49-41-33-23-14-12-11-13-19-27-35-43-57(3)4/h57-63,68H,9-56H2,1-8H3,(H,73,74)(H,75,76)/t59?,60?,61-,62-,63-/m1/s1. The van der Waals surface area contributed by atoms with Gasteiger partial charge in [-0.1, -0.05) is 274 Å². The summed E-state index contributed by atoms with van der Waals surface area (Å²) in [6.07, 6.45) is 37.5. The molecule has 0 rings (SSSR count). The molecular weight excluding hydrogens is 1140 g/mol. The SMILES string of the molecule is CCC(C)CCCCCCCCCCC(=O)O[C@H](COC(=O)CCCCCCCCC(C)CC)COP(=O)(O)OC[C@H](O)COP(=O)(O)OC[C@@H](COC(=O)CCCCCCCCCCC(C)C)OC(=O)CCCCCCCCCCCCC(C)C. The quantitative estimate of drug-likeness (QED) is 0.0222. The third-order valence-corrected chi connectivity index (χ3v) is 17.9. The zero-order valence-corrected chi connectivity index (χ0v) is 57.7. The van der Waals surface area contributed by atoms with E-state index in [-0.39, 0.29) is 25.7 Å². The highest BCUT2D eigenvalue weighted by molar-refractivity contribution is 7.47. The van der Waals surface area contributed by atoms with E-state index in [0.29, 0.717) is 25.7 Å². The maximum atomic E-state index is 13.0. The van der Waals surface area contributed by atoms with Gasteiger partial charge in [-0.2, -0.15) is 0 Å². The van der Waals surface area contributed by atoms with Gasteiger partial charge in [0.2, 0.25) is 0 Å². The van der Waals surface area contributed by atoms with Gasteiger partial charge in [-0.05, 0) is 49.4 Å². The highest BCUT2D eigenvalue weighted by Gasteiger charge is 2.30. The molecule has 19 heteroatoms. The van der Waals surface area contributed by atoms with E-state index >= 15 is 0 Å². The molecule has 0 radical (unpaired) electrons. The molecular formula is C67H130O17P2. The van der Waals surface area contributed by atoms with Gasteiger partial charge in [-0.15, -0.1) is 0 Å². The lowest BCUT2D eigenvalue weighted by atomic mass is 9.99. The van der Waals surface area contributed by atoms with Crippen molar-refractivity contribution in [1.29, 1.82) is 0 Å². The molecule has 0 aromatic heterocycles. The maximum Gasteiger partial charge on any atom is 0.472 e. The summed E-state index contributed by atoms with van der Waals surface area (Å²) >= 11 is 0. The first-order valence-electron chi connectivity index (χ1n) is 34.8. The molecule has 0 bridgehead atoms. The number of rotatable bonds is 64. The molecule has 0 fully saturated rings. The Kier molecular flexibility index (Phi) is 55.7. The van der Waals surface area contributed by atoms with Crippen LogP contribution in [0.4, 0.5) is 0 Å². The van der Waals surface area contributed by atoms with Gasteiger partial charge in [0, 0.05) is 25.7 Å². The average molecular weight is 1270 g/mol. The monoisotopic (exact) mass is 1270 g/mol. The van der Waals surface area contributed by atoms with E-state index in [1.165, 1.54) is 122 Å². The first kappa shape index (κ1) is 84.1. The molecule has 4 unspecified atom stereocenters. The Morgan fingerprint density at radius 1 is 0.326 bits per heavy atom. The van der Waals surface area contributed by atoms with Crippen molar-refractivity contribution in [3.8, 4) is 0 Å². The Hall–Kier alpha value is -1.94. The minimum absolute atomic E-state index is 0.103. The van der Waals surface area contributed by atoms with Crippen molar-refractivity contribution in [3.63, 3.8) is 0 Å². The van der Waals surface area contributed by atoms with Gasteiger partial charge in [0.15, 0.2) is 12.2 Å². The molecule has 0 aliphatic heterocycles. The summed E-state index contributed by atoms with van der Waals surface area (Å²) < 4.78 is 68.1. The number of aliphatic hydroxyl groups excluding tert-OH is 1. The van der Waals surface area contributed by atoms with Crippen LogP contribution in [0.15, 0.2) is 0 Å². The normalized spacial score (nSPS) is 15.0. The number of phosphoric ester groups is 2. The van der Waals surface area contributed by atoms with Gasteiger partial charge in [0.1, 0.15) is 19.3 Å². The molecule has 0 aliphatic rings. The van der Waals surface area contributed by atoms with Gasteiger partial charge in [0.25, 0.3) is 0 Å². The summed E-state index contributed by atoms with van der Waals surface area (Å²) in [7, 11) is -9.90. The topological polar surface area (TPSA) is 237 Å². The highest BCUT2D eigenvalue weighted by Crippen LogP contribution is 2.45. The van der Waals surface area contributed by atoms with Crippen molar-refractivity contribution < 1.29 is 80.2 Å². The fourth-order valence-corrected chi connectivity index (χ4v) is 11.5. The predicted octanol–water partition coefficient (Wildman–Crippen LogP) is 18.5. The van der Waals surface area contributed by atoms with E-state index in [0.717, 1.165) is 120 Å². The number of hydrogen-bond donors (Lipinski definition) is 3. The molecule has 0 saturated carbocycles. The van der Waals surface area contributed by atoms with Crippen molar-refractivity contribution in [2.24, 2.45) is 23.7 Å². The second-order valence-electron chi connectivity index (χ2n) is 25.6. The minimum Gasteiger partial charge on any atom is -0.462 e. The van der Waals surface area contributed by atoms with Gasteiger partial charge in [0.05, 0.1) is 26.4 Å². The highest BCUT2D eigenvalue weighted by atomic mass is 31.2. The summed E-state index contributed by atoms with van der Waals surface area (Å²) in [6.45, 7) is 14.0. The Balaban J connectivity index is 5.27. The van der Waals surface area contributed by atoms with E-state index in [1.807, 2.05) is 0 Å². The molecule has 0 aromatic carbocycles. The summed E-state index contributed by atoms with van der Waals surface area (Å²) in [4.78, 5) is 72.4. The molecule has 0 spiro atoms. The van der Waals surface area contributed by atoms with Crippen LogP contribution in [-0.2, 0) is 65.4 Å². The molecule has 510 valence electrons. The van der Waals surface area contributed by atoms with Crippen molar-refractivity contribution in [2.45, 2.75) is 343 Å². The van der Waals surface area contributed by atoms with Gasteiger partial charge in [-0.3, -0.25) is 37.3 Å². The number of carbonyl (C=O) groups excluding carboxylic acids is 4. The Morgan fingerprint density at radius 2 is 0.558 bits per heavy atom. The van der Waals surface area contributed by atoms with E-state index in [1.54, 1.807) is 0 Å². The lowest BCUT2D eigenvalue weighted by Gasteiger charge is -2.21. The van der Waals surface area contributed by atoms with Crippen LogP contribution in [0.5, 0.6) is 0 Å². The lowest BCUT2D eigenvalue weighted by molar-refractivity contribution is -0.161. The van der Waals surface area contributed by atoms with E-state index < -0.39 is 97.5 Å². The number of ether oxygens (including phenoxy) is 4. The number of esters is 4. The maximum absolute atomic E-state index is 13.0. The van der Waals surface area contributed by atoms with Gasteiger partial charge >= 0.3 is 39.5 Å². The van der Waals surface area contributed by atoms with Crippen LogP contribution in [0.3, 0.4) is 0 Å². The van der Waals surface area contributed by atoms with Crippen LogP contribution in [0, 0.1) is 23.7 Å². The zero-order chi connectivity index (χ0) is 63.9. The van der Waals surface area contributed by atoms with Crippen molar-refractivity contribution in [1.82, 2.24) is 0 Å². The third-order valence-electron chi connectivity index (χ3n) is 16.0. The van der Waals surface area contributed by atoms with Gasteiger partial charge < -0.3 is 33.8 Å². The van der Waals surface area contributed by atoms with Crippen LogP contribution in [0.1, 0.15) is 325 Å². The van der Waals surface area contributed by atoms with E-state index in [2.05, 4.69) is 55.4 Å². The molecule has 86 heavy (non-hydrogen) atoms. The Bertz CT molecular complexity index is 1720. The van der Waals surface area contributed by atoms with E-state index in [9.17, 15) is 43.2 Å². The number of carbonyl (C=O) groups is 4. The fraction of sp³-hybridized carbons (Fsp3) is 0.940. The molecule has 0 saturated heterocycles. The average Bonchev–Trinajstić information content (AvgIpc) is 3.66. The lowest BCUT2D eigenvalue weighted by Crippen LogP contribution is -2.30. The minimum atomic E-state index is -4.95. The summed E-state index contributed by atoms with van der Waals surface area (Å²) in [5, 5.41) is 10.6. The van der Waals surface area contributed by atoms with Crippen molar-refractivity contribution >= 4 is 39.5 Å². The van der Waals surface area contributed by atoms with E-state index in [4.69, 9.17) is 37.0 Å². The zero-order valence-electron chi connectivity index (χ0n) is 55.9. The van der Waals surface area contributed by atoms with Crippen molar-refractivity contribution in [3.05, 3.63) is 0 Å². The van der Waals surface area contributed by atoms with Crippen LogP contribution >= 0.6 is 15.6 Å². The van der Waals surface area contributed by atoms with Crippen LogP contribution in [0.25, 0.3) is 0 Å². The molecule has 3 N–H and O–H groups in total. The largest absolute Gasteiger partial charge is 0.472 e. The molecule has 0 heterocycles. The molecule has 0 amide bonds. The molecule has 0 aromatic rings. The summed E-state index contributed by atoms with van der Waals surface area (Å²) in [5.41, 5.74) is 0. The number of phosphoric acid groups is 2. The number of unbranched alkanes of at least 4 members (excludes halogenated alkanes) is 28.